The quantitative estimate of drug-likeness (QED) is 0.372. The highest BCUT2D eigenvalue weighted by Crippen LogP contribution is 2.26. The summed E-state index contributed by atoms with van der Waals surface area (Å²) in [6.45, 7) is 0. The fourth-order valence-corrected chi connectivity index (χ4v) is 1.38. The molecule has 0 heterocycles. The number of nitrogens with two attached hydrogens (primary N) is 2. The molecular formula is C9H10N4O6. The van der Waals surface area contributed by atoms with Crippen LogP contribution in [0.5, 0.6) is 0 Å². The molecule has 0 aromatic heterocycles. The highest BCUT2D eigenvalue weighted by Gasteiger charge is 2.32. The van der Waals surface area contributed by atoms with Gasteiger partial charge in [0.25, 0.3) is 11.4 Å². The maximum atomic E-state index is 10.8. The third-order valence-electron chi connectivity index (χ3n) is 2.36. The molecule has 1 rings (SSSR count). The lowest BCUT2D eigenvalue weighted by atomic mass is 9.99. The zero-order valence-corrected chi connectivity index (χ0v) is 9.48. The number of benzene rings is 1. The second kappa shape index (κ2) is 4.96. The number of nitrogens with zero attached hydrogens (tertiary/aromatic N) is 2. The summed E-state index contributed by atoms with van der Waals surface area (Å²) >= 11 is 0. The van der Waals surface area contributed by atoms with Crippen molar-refractivity contribution in [2.45, 2.75) is 12.1 Å². The van der Waals surface area contributed by atoms with Gasteiger partial charge in [-0.05, 0) is 6.07 Å². The van der Waals surface area contributed by atoms with Gasteiger partial charge in [-0.25, -0.2) is 4.79 Å². The van der Waals surface area contributed by atoms with Gasteiger partial charge in [-0.2, -0.15) is 0 Å². The second-order valence-corrected chi connectivity index (χ2v) is 3.85. The van der Waals surface area contributed by atoms with Gasteiger partial charge in [0.05, 0.1) is 15.9 Å². The second-order valence-electron chi connectivity index (χ2n) is 3.85. The first kappa shape index (κ1) is 14.5. The molecule has 0 unspecified atom stereocenters. The minimum Gasteiger partial charge on any atom is -0.479 e. The number of non-ortho nitro benzene ring substituents is 1. The third kappa shape index (κ3) is 3.20. The summed E-state index contributed by atoms with van der Waals surface area (Å²) in [6, 6.07) is 2.81. The van der Waals surface area contributed by atoms with E-state index in [9.17, 15) is 25.0 Å². The summed E-state index contributed by atoms with van der Waals surface area (Å²) < 4.78 is 0. The number of carbonyl (C=O) groups is 1. The van der Waals surface area contributed by atoms with E-state index in [1.807, 2.05) is 0 Å². The molecule has 0 aliphatic heterocycles. The van der Waals surface area contributed by atoms with Crippen molar-refractivity contribution < 1.29 is 19.7 Å². The normalized spacial score (nSPS) is 11.1. The Morgan fingerprint density at radius 1 is 1.26 bits per heavy atom. The van der Waals surface area contributed by atoms with E-state index in [1.165, 1.54) is 0 Å². The highest BCUT2D eigenvalue weighted by atomic mass is 16.6. The maximum absolute atomic E-state index is 10.8. The van der Waals surface area contributed by atoms with Gasteiger partial charge < -0.3 is 16.6 Å². The number of carboxylic acids is 1. The van der Waals surface area contributed by atoms with Gasteiger partial charge >= 0.3 is 5.97 Å². The standard InChI is InChI=1S/C9H10N4O6/c10-9(11,8(14)15)4-5-1-2-6(12(16)17)3-7(5)13(18)19/h1-3H,4,10-11H2,(H,14,15). The van der Waals surface area contributed by atoms with E-state index >= 15 is 0 Å². The Balaban J connectivity index is 3.25. The van der Waals surface area contributed by atoms with Gasteiger partial charge in [-0.15, -0.1) is 0 Å². The first-order valence-corrected chi connectivity index (χ1v) is 4.88. The van der Waals surface area contributed by atoms with Crippen molar-refractivity contribution >= 4 is 17.3 Å². The van der Waals surface area contributed by atoms with Crippen molar-refractivity contribution in [3.05, 3.63) is 44.0 Å². The summed E-state index contributed by atoms with van der Waals surface area (Å²) in [5, 5.41) is 30.1. The van der Waals surface area contributed by atoms with Crippen molar-refractivity contribution in [2.75, 3.05) is 0 Å². The van der Waals surface area contributed by atoms with Gasteiger partial charge in [0.2, 0.25) is 0 Å². The van der Waals surface area contributed by atoms with Crippen molar-refractivity contribution in [1.29, 1.82) is 0 Å². The summed E-state index contributed by atoms with van der Waals surface area (Å²) in [5.74, 6) is -1.54. The molecule has 0 saturated heterocycles. The van der Waals surface area contributed by atoms with Crippen LogP contribution in [0.2, 0.25) is 0 Å². The number of hydrogen-bond acceptors (Lipinski definition) is 7. The molecule has 1 aromatic rings. The zero-order chi connectivity index (χ0) is 14.8. The predicted octanol–water partition coefficient (Wildman–Crippen LogP) is -0.256. The molecule has 10 nitrogen and oxygen atoms in total. The lowest BCUT2D eigenvalue weighted by molar-refractivity contribution is -0.394. The SMILES string of the molecule is NC(N)(Cc1ccc([N+](=O)[O-])cc1[N+](=O)[O-])C(=O)O. The average Bonchev–Trinajstić information content (AvgIpc) is 2.28. The summed E-state index contributed by atoms with van der Waals surface area (Å²) in [6.07, 6.45) is -0.531. The van der Waals surface area contributed by atoms with Gasteiger partial charge in [-0.1, -0.05) is 0 Å². The number of aliphatic carboxylic acids is 1. The largest absolute Gasteiger partial charge is 0.479 e. The fraction of sp³-hybridized carbons (Fsp3) is 0.222. The van der Waals surface area contributed by atoms with Crippen molar-refractivity contribution in [3.63, 3.8) is 0 Å². The number of nitro benzene ring substituents is 2. The van der Waals surface area contributed by atoms with Gasteiger partial charge in [-0.3, -0.25) is 20.2 Å². The Labute approximate surface area is 105 Å². The number of hydrogen-bond donors (Lipinski definition) is 3. The molecule has 0 radical (unpaired) electrons. The smallest absolute Gasteiger partial charge is 0.338 e. The molecule has 102 valence electrons. The minimum absolute atomic E-state index is 0.0944. The Hall–Kier alpha value is -2.59. The lowest BCUT2D eigenvalue weighted by Gasteiger charge is -2.18. The van der Waals surface area contributed by atoms with Gasteiger partial charge in [0.1, 0.15) is 0 Å². The molecule has 0 aliphatic carbocycles. The molecule has 0 amide bonds. The van der Waals surface area contributed by atoms with Crippen LogP contribution in [0.15, 0.2) is 18.2 Å². The van der Waals surface area contributed by atoms with Gasteiger partial charge in [0, 0.05) is 18.1 Å². The molecule has 0 spiro atoms. The number of nitro groups is 2. The molecule has 0 atom stereocenters. The predicted molar refractivity (Wildman–Crippen MR) is 62.2 cm³/mol. The van der Waals surface area contributed by atoms with Crippen LogP contribution in [0.25, 0.3) is 0 Å². The van der Waals surface area contributed by atoms with Gasteiger partial charge in [0.15, 0.2) is 5.66 Å². The molecule has 0 aliphatic rings. The maximum Gasteiger partial charge on any atom is 0.338 e. The molecule has 5 N–H and O–H groups in total. The van der Waals surface area contributed by atoms with Crippen LogP contribution < -0.4 is 11.5 Å². The van der Waals surface area contributed by atoms with Crippen LogP contribution in [0.1, 0.15) is 5.56 Å². The molecule has 0 saturated carbocycles. The monoisotopic (exact) mass is 270 g/mol. The van der Waals surface area contributed by atoms with Crippen LogP contribution >= 0.6 is 0 Å². The minimum atomic E-state index is -2.19. The molecule has 0 bridgehead atoms. The Kier molecular flexibility index (Phi) is 3.77. The molecule has 1 aromatic carbocycles. The molecule has 0 fully saturated rings. The first-order chi connectivity index (χ1) is 8.65. The third-order valence-corrected chi connectivity index (χ3v) is 2.36. The van der Waals surface area contributed by atoms with E-state index in [4.69, 9.17) is 16.6 Å². The van der Waals surface area contributed by atoms with Crippen LogP contribution in [-0.4, -0.2) is 26.6 Å². The van der Waals surface area contributed by atoms with Crippen LogP contribution in [0.4, 0.5) is 11.4 Å². The van der Waals surface area contributed by atoms with Crippen LogP contribution in [0, 0.1) is 20.2 Å². The zero-order valence-electron chi connectivity index (χ0n) is 9.48. The van der Waals surface area contributed by atoms with E-state index in [2.05, 4.69) is 0 Å². The van der Waals surface area contributed by atoms with E-state index in [0.29, 0.717) is 0 Å². The van der Waals surface area contributed by atoms with E-state index in [-0.39, 0.29) is 5.56 Å². The summed E-state index contributed by atoms with van der Waals surface area (Å²) in [7, 11) is 0. The van der Waals surface area contributed by atoms with Crippen molar-refractivity contribution in [3.8, 4) is 0 Å². The summed E-state index contributed by atoms with van der Waals surface area (Å²) in [5.41, 5.74) is 7.19. The van der Waals surface area contributed by atoms with Crippen LogP contribution in [-0.2, 0) is 11.2 Å². The Morgan fingerprint density at radius 3 is 2.26 bits per heavy atom. The van der Waals surface area contributed by atoms with E-state index < -0.39 is 39.3 Å². The fourth-order valence-electron chi connectivity index (χ4n) is 1.38. The Bertz CT molecular complexity index is 556. The van der Waals surface area contributed by atoms with E-state index in [0.717, 1.165) is 18.2 Å². The molecule has 10 heteroatoms. The first-order valence-electron chi connectivity index (χ1n) is 4.88. The highest BCUT2D eigenvalue weighted by molar-refractivity contribution is 5.78. The topological polar surface area (TPSA) is 176 Å². The number of carboxylic acid groups (broad SMARTS) is 1. The van der Waals surface area contributed by atoms with E-state index in [1.54, 1.807) is 0 Å². The summed E-state index contributed by atoms with van der Waals surface area (Å²) in [4.78, 5) is 30.4. The van der Waals surface area contributed by atoms with Crippen molar-refractivity contribution in [2.24, 2.45) is 11.5 Å². The van der Waals surface area contributed by atoms with Crippen LogP contribution in [0.3, 0.4) is 0 Å². The average molecular weight is 270 g/mol. The molecular weight excluding hydrogens is 260 g/mol. The molecule has 19 heavy (non-hydrogen) atoms. The van der Waals surface area contributed by atoms with Crippen molar-refractivity contribution in [1.82, 2.24) is 0 Å². The Morgan fingerprint density at radius 2 is 1.84 bits per heavy atom. The number of rotatable bonds is 5. The lowest BCUT2D eigenvalue weighted by Crippen LogP contribution is -2.58.